The molecule has 0 saturated carbocycles. The van der Waals surface area contributed by atoms with Crippen molar-refractivity contribution < 1.29 is 4.39 Å². The second-order valence-electron chi connectivity index (χ2n) is 3.73. The van der Waals surface area contributed by atoms with Crippen LogP contribution in [0.15, 0.2) is 24.3 Å². The third-order valence-corrected chi connectivity index (χ3v) is 2.79. The van der Waals surface area contributed by atoms with Gasteiger partial charge in [-0.05, 0) is 23.6 Å². The number of hydrogen-bond donors (Lipinski definition) is 1. The zero-order valence-electron chi connectivity index (χ0n) is 8.43. The van der Waals surface area contributed by atoms with E-state index in [-0.39, 0.29) is 12.5 Å². The van der Waals surface area contributed by atoms with Crippen LogP contribution in [0.25, 0.3) is 0 Å². The molecule has 0 radical (unpaired) electrons. The molecule has 0 aliphatic rings. The van der Waals surface area contributed by atoms with Crippen molar-refractivity contribution in [2.75, 3.05) is 6.54 Å². The van der Waals surface area contributed by atoms with Gasteiger partial charge in [-0.1, -0.05) is 37.6 Å². The minimum absolute atomic E-state index is 0.00764. The molecule has 2 N–H and O–H groups in total. The van der Waals surface area contributed by atoms with E-state index < -0.39 is 5.67 Å². The molecule has 0 amide bonds. The first-order valence-electron chi connectivity index (χ1n) is 4.65. The van der Waals surface area contributed by atoms with Gasteiger partial charge in [0.2, 0.25) is 0 Å². The molecule has 1 unspecified atom stereocenters. The molecular formula is C11H15ClFN. The first-order valence-corrected chi connectivity index (χ1v) is 5.03. The number of halogens is 2. The van der Waals surface area contributed by atoms with E-state index in [1.54, 1.807) is 24.3 Å². The summed E-state index contributed by atoms with van der Waals surface area (Å²) in [5, 5.41) is 0.608. The lowest BCUT2D eigenvalue weighted by atomic mass is 9.85. The van der Waals surface area contributed by atoms with Gasteiger partial charge in [0.05, 0.1) is 0 Å². The maximum Gasteiger partial charge on any atom is 0.150 e. The van der Waals surface area contributed by atoms with E-state index in [1.807, 2.05) is 13.8 Å². The largest absolute Gasteiger partial charge is 0.327 e. The van der Waals surface area contributed by atoms with E-state index in [0.29, 0.717) is 10.6 Å². The lowest BCUT2D eigenvalue weighted by Gasteiger charge is -2.28. The quantitative estimate of drug-likeness (QED) is 0.824. The molecule has 0 aliphatic heterocycles. The fourth-order valence-corrected chi connectivity index (χ4v) is 1.54. The summed E-state index contributed by atoms with van der Waals surface area (Å²) in [7, 11) is 0. The Bertz CT molecular complexity index is 297. The van der Waals surface area contributed by atoms with E-state index >= 15 is 0 Å². The summed E-state index contributed by atoms with van der Waals surface area (Å²) in [6.07, 6.45) is 0. The summed E-state index contributed by atoms with van der Waals surface area (Å²) in [6.45, 7) is 3.63. The van der Waals surface area contributed by atoms with Crippen molar-refractivity contribution in [1.29, 1.82) is 0 Å². The van der Waals surface area contributed by atoms with Gasteiger partial charge >= 0.3 is 0 Å². The topological polar surface area (TPSA) is 26.0 Å². The lowest BCUT2D eigenvalue weighted by Crippen LogP contribution is -2.35. The molecule has 14 heavy (non-hydrogen) atoms. The van der Waals surface area contributed by atoms with E-state index in [9.17, 15) is 4.39 Å². The lowest BCUT2D eigenvalue weighted by molar-refractivity contribution is 0.109. The monoisotopic (exact) mass is 215 g/mol. The van der Waals surface area contributed by atoms with Crippen molar-refractivity contribution in [3.63, 3.8) is 0 Å². The highest BCUT2D eigenvalue weighted by atomic mass is 35.5. The normalized spacial score (nSPS) is 15.6. The molecule has 1 aromatic carbocycles. The molecule has 0 bridgehead atoms. The molecule has 0 aliphatic carbocycles. The van der Waals surface area contributed by atoms with E-state index in [4.69, 9.17) is 17.3 Å². The van der Waals surface area contributed by atoms with Crippen molar-refractivity contribution in [2.45, 2.75) is 19.5 Å². The Morgan fingerprint density at radius 2 is 1.86 bits per heavy atom. The van der Waals surface area contributed by atoms with Crippen LogP contribution in [0, 0.1) is 5.92 Å². The molecule has 1 aromatic rings. The number of hydrogen-bond acceptors (Lipinski definition) is 1. The Morgan fingerprint density at radius 1 is 1.36 bits per heavy atom. The second kappa shape index (κ2) is 4.28. The number of alkyl halides is 1. The molecule has 1 atom stereocenters. The van der Waals surface area contributed by atoms with Gasteiger partial charge in [-0.15, -0.1) is 0 Å². The predicted molar refractivity (Wildman–Crippen MR) is 58.1 cm³/mol. The van der Waals surface area contributed by atoms with Crippen molar-refractivity contribution in [1.82, 2.24) is 0 Å². The van der Waals surface area contributed by atoms with Gasteiger partial charge in [0.15, 0.2) is 0 Å². The average molecular weight is 216 g/mol. The van der Waals surface area contributed by atoms with E-state index in [0.717, 1.165) is 0 Å². The Balaban J connectivity index is 3.06. The molecular weight excluding hydrogens is 201 g/mol. The molecule has 1 nitrogen and oxygen atoms in total. The van der Waals surface area contributed by atoms with Crippen LogP contribution >= 0.6 is 11.6 Å². The third-order valence-electron chi connectivity index (χ3n) is 2.54. The van der Waals surface area contributed by atoms with Crippen molar-refractivity contribution >= 4 is 11.6 Å². The number of nitrogens with two attached hydrogens (primary N) is 1. The summed E-state index contributed by atoms with van der Waals surface area (Å²) >= 11 is 5.73. The minimum atomic E-state index is -1.45. The molecule has 0 heterocycles. The van der Waals surface area contributed by atoms with Crippen LogP contribution in [0.5, 0.6) is 0 Å². The summed E-state index contributed by atoms with van der Waals surface area (Å²) in [5.41, 5.74) is 4.61. The molecule has 78 valence electrons. The van der Waals surface area contributed by atoms with Crippen LogP contribution in [0.2, 0.25) is 5.02 Å². The van der Waals surface area contributed by atoms with Crippen LogP contribution < -0.4 is 5.73 Å². The van der Waals surface area contributed by atoms with Gasteiger partial charge in [0.25, 0.3) is 0 Å². The zero-order valence-corrected chi connectivity index (χ0v) is 9.18. The smallest absolute Gasteiger partial charge is 0.150 e. The van der Waals surface area contributed by atoms with E-state index in [2.05, 4.69) is 0 Å². The van der Waals surface area contributed by atoms with Crippen molar-refractivity contribution in [2.24, 2.45) is 11.7 Å². The number of benzene rings is 1. The van der Waals surface area contributed by atoms with Gasteiger partial charge in [-0.3, -0.25) is 0 Å². The zero-order chi connectivity index (χ0) is 10.8. The summed E-state index contributed by atoms with van der Waals surface area (Å²) < 4.78 is 14.3. The maximum atomic E-state index is 14.3. The first-order chi connectivity index (χ1) is 6.50. The Labute approximate surface area is 89.1 Å². The fourth-order valence-electron chi connectivity index (χ4n) is 1.41. The van der Waals surface area contributed by atoms with Crippen molar-refractivity contribution in [3.8, 4) is 0 Å². The summed E-state index contributed by atoms with van der Waals surface area (Å²) in [6, 6.07) is 6.75. The van der Waals surface area contributed by atoms with Crippen LogP contribution in [0.1, 0.15) is 19.4 Å². The third kappa shape index (κ3) is 2.07. The summed E-state index contributed by atoms with van der Waals surface area (Å²) in [4.78, 5) is 0. The Kier molecular flexibility index (Phi) is 3.51. The molecule has 1 rings (SSSR count). The fraction of sp³-hybridized carbons (Fsp3) is 0.455. The number of rotatable bonds is 3. The van der Waals surface area contributed by atoms with Gasteiger partial charge in [0, 0.05) is 11.6 Å². The molecule has 0 aromatic heterocycles. The predicted octanol–water partition coefficient (Wildman–Crippen LogP) is 3.12. The SMILES string of the molecule is CC(C)C(F)(CN)c1ccc(Cl)cc1. The van der Waals surface area contributed by atoms with Crippen LogP contribution in [0.3, 0.4) is 0 Å². The Hall–Kier alpha value is -0.600. The average Bonchev–Trinajstić information content (AvgIpc) is 2.17. The molecule has 0 saturated heterocycles. The van der Waals surface area contributed by atoms with Gasteiger partial charge in [-0.2, -0.15) is 0 Å². The Morgan fingerprint density at radius 3 is 2.21 bits per heavy atom. The van der Waals surface area contributed by atoms with Crippen LogP contribution in [0.4, 0.5) is 4.39 Å². The molecule has 0 spiro atoms. The highest BCUT2D eigenvalue weighted by Crippen LogP contribution is 2.33. The van der Waals surface area contributed by atoms with Gasteiger partial charge in [0.1, 0.15) is 5.67 Å². The van der Waals surface area contributed by atoms with Crippen molar-refractivity contribution in [3.05, 3.63) is 34.9 Å². The summed E-state index contributed by atoms with van der Waals surface area (Å²) in [5.74, 6) is -0.145. The van der Waals surface area contributed by atoms with Gasteiger partial charge < -0.3 is 5.73 Å². The van der Waals surface area contributed by atoms with Gasteiger partial charge in [-0.25, -0.2) is 4.39 Å². The van der Waals surface area contributed by atoms with Crippen LogP contribution in [-0.4, -0.2) is 6.54 Å². The van der Waals surface area contributed by atoms with Crippen LogP contribution in [-0.2, 0) is 5.67 Å². The second-order valence-corrected chi connectivity index (χ2v) is 4.16. The standard InChI is InChI=1S/C11H15ClFN/c1-8(2)11(13,7-14)9-3-5-10(12)6-4-9/h3-6,8H,7,14H2,1-2H3. The minimum Gasteiger partial charge on any atom is -0.327 e. The first kappa shape index (κ1) is 11.5. The molecule has 0 fully saturated rings. The highest BCUT2D eigenvalue weighted by molar-refractivity contribution is 6.30. The maximum absolute atomic E-state index is 14.3. The molecule has 3 heteroatoms. The highest BCUT2D eigenvalue weighted by Gasteiger charge is 2.33. The van der Waals surface area contributed by atoms with E-state index in [1.165, 1.54) is 0 Å².